The van der Waals surface area contributed by atoms with Crippen LogP contribution in [0.2, 0.25) is 0 Å². The molecule has 2 rings (SSSR count). The average molecular weight is 293 g/mol. The van der Waals surface area contributed by atoms with Crippen LogP contribution in [-0.4, -0.2) is 31.5 Å². The van der Waals surface area contributed by atoms with Crippen molar-refractivity contribution in [3.8, 4) is 28.7 Å². The molecule has 21 heavy (non-hydrogen) atoms. The third-order valence-electron chi connectivity index (χ3n) is 3.13. The summed E-state index contributed by atoms with van der Waals surface area (Å²) >= 11 is 0. The van der Waals surface area contributed by atoms with Gasteiger partial charge in [0.25, 0.3) is 5.89 Å². The van der Waals surface area contributed by atoms with Gasteiger partial charge in [-0.05, 0) is 6.42 Å². The van der Waals surface area contributed by atoms with Crippen LogP contribution in [0.3, 0.4) is 0 Å². The maximum Gasteiger partial charge on any atom is 0.251 e. The summed E-state index contributed by atoms with van der Waals surface area (Å²) in [5.41, 5.74) is 6.51. The van der Waals surface area contributed by atoms with Gasteiger partial charge in [-0.1, -0.05) is 6.92 Å². The van der Waals surface area contributed by atoms with Crippen LogP contribution in [0, 0.1) is 0 Å². The van der Waals surface area contributed by atoms with Crippen LogP contribution in [-0.2, 0) is 0 Å². The summed E-state index contributed by atoms with van der Waals surface area (Å²) in [6.07, 6.45) is 0.713. The van der Waals surface area contributed by atoms with E-state index in [1.54, 1.807) is 33.5 Å². The summed E-state index contributed by atoms with van der Waals surface area (Å²) < 4.78 is 21.5. The van der Waals surface area contributed by atoms with E-state index in [9.17, 15) is 0 Å². The van der Waals surface area contributed by atoms with Gasteiger partial charge in [0.1, 0.15) is 5.75 Å². The second-order valence-corrected chi connectivity index (χ2v) is 4.37. The number of rotatable bonds is 6. The number of hydrogen-bond acceptors (Lipinski definition) is 7. The van der Waals surface area contributed by atoms with E-state index in [0.29, 0.717) is 41.0 Å². The molecule has 0 spiro atoms. The average Bonchev–Trinajstić information content (AvgIpc) is 3.02. The molecule has 1 aromatic heterocycles. The Labute approximate surface area is 123 Å². The predicted octanol–water partition coefficient (Wildman–Crippen LogP) is 2.17. The van der Waals surface area contributed by atoms with Gasteiger partial charge in [0.2, 0.25) is 5.89 Å². The first-order valence-corrected chi connectivity index (χ1v) is 6.53. The Morgan fingerprint density at radius 1 is 1.05 bits per heavy atom. The van der Waals surface area contributed by atoms with Crippen molar-refractivity contribution in [2.45, 2.75) is 19.4 Å². The normalized spacial score (nSPS) is 12.0. The number of hydrogen-bond donors (Lipinski definition) is 1. The molecule has 2 aromatic rings. The topological polar surface area (TPSA) is 92.6 Å². The molecule has 0 aliphatic heterocycles. The van der Waals surface area contributed by atoms with Crippen molar-refractivity contribution < 1.29 is 18.6 Å². The fourth-order valence-corrected chi connectivity index (χ4v) is 1.86. The number of ether oxygens (including phenoxy) is 3. The minimum atomic E-state index is -0.280. The standard InChI is InChI=1S/C14H19N3O4/c1-5-9(15)14-17-16-13(21-14)8-6-11(19-3)12(20-4)7-10(8)18-2/h6-7,9H,5,15H2,1-4H3. The van der Waals surface area contributed by atoms with Gasteiger partial charge in [-0.3, -0.25) is 0 Å². The van der Waals surface area contributed by atoms with Gasteiger partial charge in [0.15, 0.2) is 11.5 Å². The van der Waals surface area contributed by atoms with Gasteiger partial charge in [-0.25, -0.2) is 0 Å². The summed E-state index contributed by atoms with van der Waals surface area (Å²) in [6, 6.07) is 3.15. The number of nitrogens with zero attached hydrogens (tertiary/aromatic N) is 2. The first kappa shape index (κ1) is 15.1. The van der Waals surface area contributed by atoms with Gasteiger partial charge in [0, 0.05) is 12.1 Å². The fraction of sp³-hybridized carbons (Fsp3) is 0.429. The Kier molecular flexibility index (Phi) is 4.64. The molecule has 1 aromatic carbocycles. The molecule has 0 bridgehead atoms. The van der Waals surface area contributed by atoms with E-state index in [1.807, 2.05) is 6.92 Å². The minimum absolute atomic E-state index is 0.280. The Hall–Kier alpha value is -2.28. The summed E-state index contributed by atoms with van der Waals surface area (Å²) in [7, 11) is 4.67. The zero-order valence-corrected chi connectivity index (χ0v) is 12.5. The van der Waals surface area contributed by atoms with Crippen LogP contribution in [0.25, 0.3) is 11.5 Å². The van der Waals surface area contributed by atoms with Crippen LogP contribution < -0.4 is 19.9 Å². The highest BCUT2D eigenvalue weighted by Crippen LogP contribution is 2.39. The molecule has 0 radical (unpaired) electrons. The Bertz CT molecular complexity index is 612. The van der Waals surface area contributed by atoms with Gasteiger partial charge in [-0.2, -0.15) is 0 Å². The van der Waals surface area contributed by atoms with Crippen LogP contribution in [0.5, 0.6) is 17.2 Å². The second kappa shape index (κ2) is 6.45. The molecular formula is C14H19N3O4. The Balaban J connectivity index is 2.49. The SMILES string of the molecule is CCC(N)c1nnc(-c2cc(OC)c(OC)cc2OC)o1. The molecule has 0 aliphatic carbocycles. The van der Waals surface area contributed by atoms with E-state index in [4.69, 9.17) is 24.4 Å². The second-order valence-electron chi connectivity index (χ2n) is 4.37. The molecule has 2 N–H and O–H groups in total. The van der Waals surface area contributed by atoms with Crippen molar-refractivity contribution in [2.24, 2.45) is 5.73 Å². The van der Waals surface area contributed by atoms with Crippen molar-refractivity contribution in [2.75, 3.05) is 21.3 Å². The van der Waals surface area contributed by atoms with Crippen LogP contribution >= 0.6 is 0 Å². The minimum Gasteiger partial charge on any atom is -0.496 e. The lowest BCUT2D eigenvalue weighted by atomic mass is 10.1. The molecule has 1 heterocycles. The van der Waals surface area contributed by atoms with E-state index in [1.165, 1.54) is 0 Å². The van der Waals surface area contributed by atoms with E-state index in [-0.39, 0.29) is 6.04 Å². The maximum absolute atomic E-state index is 5.89. The summed E-state index contributed by atoms with van der Waals surface area (Å²) in [4.78, 5) is 0. The molecule has 0 saturated heterocycles. The molecule has 0 aliphatic rings. The highest BCUT2D eigenvalue weighted by Gasteiger charge is 2.19. The lowest BCUT2D eigenvalue weighted by Crippen LogP contribution is -2.08. The van der Waals surface area contributed by atoms with Crippen LogP contribution in [0.4, 0.5) is 0 Å². The molecular weight excluding hydrogens is 274 g/mol. The highest BCUT2D eigenvalue weighted by atomic mass is 16.5. The summed E-state index contributed by atoms with van der Waals surface area (Å²) in [6.45, 7) is 1.95. The van der Waals surface area contributed by atoms with Gasteiger partial charge >= 0.3 is 0 Å². The largest absolute Gasteiger partial charge is 0.496 e. The first-order chi connectivity index (χ1) is 10.1. The predicted molar refractivity (Wildman–Crippen MR) is 76.6 cm³/mol. The summed E-state index contributed by atoms with van der Waals surface area (Å²) in [5.74, 6) is 2.37. The third-order valence-corrected chi connectivity index (χ3v) is 3.13. The van der Waals surface area contributed by atoms with Crippen molar-refractivity contribution in [3.05, 3.63) is 18.0 Å². The van der Waals surface area contributed by atoms with Crippen molar-refractivity contribution in [1.82, 2.24) is 10.2 Å². The lowest BCUT2D eigenvalue weighted by Gasteiger charge is -2.12. The smallest absolute Gasteiger partial charge is 0.251 e. The highest BCUT2D eigenvalue weighted by molar-refractivity contribution is 5.68. The lowest BCUT2D eigenvalue weighted by molar-refractivity contribution is 0.349. The van der Waals surface area contributed by atoms with Gasteiger partial charge in [-0.15, -0.1) is 10.2 Å². The third kappa shape index (κ3) is 2.92. The molecule has 0 amide bonds. The number of benzene rings is 1. The van der Waals surface area contributed by atoms with Crippen molar-refractivity contribution in [3.63, 3.8) is 0 Å². The first-order valence-electron chi connectivity index (χ1n) is 6.53. The van der Waals surface area contributed by atoms with Gasteiger partial charge in [0.05, 0.1) is 32.9 Å². The Morgan fingerprint density at radius 2 is 1.67 bits per heavy atom. The van der Waals surface area contributed by atoms with Gasteiger partial charge < -0.3 is 24.4 Å². The van der Waals surface area contributed by atoms with Crippen LogP contribution in [0.15, 0.2) is 16.5 Å². The van der Waals surface area contributed by atoms with Crippen LogP contribution in [0.1, 0.15) is 25.3 Å². The van der Waals surface area contributed by atoms with Crippen molar-refractivity contribution >= 4 is 0 Å². The number of methoxy groups -OCH3 is 3. The monoisotopic (exact) mass is 293 g/mol. The molecule has 7 nitrogen and oxygen atoms in total. The summed E-state index contributed by atoms with van der Waals surface area (Å²) in [5, 5.41) is 7.99. The maximum atomic E-state index is 5.89. The molecule has 1 unspecified atom stereocenters. The molecule has 7 heteroatoms. The molecule has 0 fully saturated rings. The van der Waals surface area contributed by atoms with E-state index in [2.05, 4.69) is 10.2 Å². The Morgan fingerprint density at radius 3 is 2.24 bits per heavy atom. The number of aromatic nitrogens is 2. The zero-order chi connectivity index (χ0) is 15.4. The van der Waals surface area contributed by atoms with Crippen molar-refractivity contribution in [1.29, 1.82) is 0 Å². The van der Waals surface area contributed by atoms with E-state index >= 15 is 0 Å². The quantitative estimate of drug-likeness (QED) is 0.872. The molecule has 0 saturated carbocycles. The zero-order valence-electron chi connectivity index (χ0n) is 12.5. The molecule has 1 atom stereocenters. The van der Waals surface area contributed by atoms with E-state index < -0.39 is 0 Å². The fourth-order valence-electron chi connectivity index (χ4n) is 1.86. The molecule has 114 valence electrons. The van der Waals surface area contributed by atoms with E-state index in [0.717, 1.165) is 0 Å². The number of nitrogens with two attached hydrogens (primary N) is 1.